The first kappa shape index (κ1) is 27.8. The Morgan fingerprint density at radius 2 is 1.50 bits per heavy atom. The second-order valence-corrected chi connectivity index (χ2v) is 11.6. The lowest BCUT2D eigenvalue weighted by Gasteiger charge is -2.36. The van der Waals surface area contributed by atoms with E-state index in [4.69, 9.17) is 9.72 Å². The van der Waals surface area contributed by atoms with E-state index in [1.54, 1.807) is 20.1 Å². The number of carbonyl (C=O) groups excluding carboxylic acids is 3. The van der Waals surface area contributed by atoms with E-state index in [1.165, 1.54) is 11.3 Å². The van der Waals surface area contributed by atoms with Gasteiger partial charge in [-0.05, 0) is 56.2 Å². The number of hydrogen-bond donors (Lipinski definition) is 0. The van der Waals surface area contributed by atoms with Crippen LogP contribution >= 0.6 is 11.3 Å². The number of Topliss-reactive ketones (excluding diaryl/α,β-unsaturated/α-hetero) is 1. The summed E-state index contributed by atoms with van der Waals surface area (Å²) in [5, 5.41) is 3.71. The van der Waals surface area contributed by atoms with Gasteiger partial charge in [0, 0.05) is 73.3 Å². The molecular formula is C32H33N5O4S. The molecule has 4 aromatic rings. The van der Waals surface area contributed by atoms with Crippen molar-refractivity contribution < 1.29 is 19.1 Å². The average Bonchev–Trinajstić information content (AvgIpc) is 3.54. The quantitative estimate of drug-likeness (QED) is 0.299. The molecule has 0 bridgehead atoms. The first-order chi connectivity index (χ1) is 20.4. The van der Waals surface area contributed by atoms with E-state index in [0.717, 1.165) is 47.5 Å². The number of hydrogen-bond acceptors (Lipinski definition) is 8. The van der Waals surface area contributed by atoms with Gasteiger partial charge in [-0.25, -0.2) is 9.97 Å². The summed E-state index contributed by atoms with van der Waals surface area (Å²) >= 11 is 1.53. The summed E-state index contributed by atoms with van der Waals surface area (Å²) in [4.78, 5) is 53.4. The number of carbonyl (C=O) groups is 3. The predicted octanol–water partition coefficient (Wildman–Crippen LogP) is 4.88. The Morgan fingerprint density at radius 1 is 0.833 bits per heavy atom. The molecule has 2 amide bonds. The van der Waals surface area contributed by atoms with Gasteiger partial charge >= 0.3 is 0 Å². The number of piperazine rings is 1. The highest BCUT2D eigenvalue weighted by Gasteiger charge is 2.29. The van der Waals surface area contributed by atoms with Crippen molar-refractivity contribution in [3.05, 3.63) is 81.9 Å². The molecule has 2 aliphatic heterocycles. The number of ketones is 1. The number of anilines is 1. The fraction of sp³-hybridized carbons (Fsp3) is 0.344. The number of fused-ring (bicyclic) bond motifs is 1. The molecule has 10 heteroatoms. The van der Waals surface area contributed by atoms with Crippen LogP contribution < -0.4 is 9.64 Å². The van der Waals surface area contributed by atoms with Crippen LogP contribution in [-0.4, -0.2) is 83.7 Å². The largest absolute Gasteiger partial charge is 0.496 e. The standard InChI is InChI=1S/C32H33N5O4S/c1-21(38)22-7-9-24(10-8-22)35-15-17-37(18-16-35)32(40)28-20-42-30(34-28)23-11-13-36(14-12-23)31(39)27-19-29(41-2)25-5-3-4-6-26(25)33-27/h3-10,19-20,23H,11-18H2,1-2H3. The van der Waals surface area contributed by atoms with E-state index in [-0.39, 0.29) is 23.5 Å². The number of amides is 2. The minimum absolute atomic E-state index is 0.0342. The zero-order valence-electron chi connectivity index (χ0n) is 23.8. The van der Waals surface area contributed by atoms with Crippen molar-refractivity contribution in [3.63, 3.8) is 0 Å². The third-order valence-electron chi connectivity index (χ3n) is 8.20. The van der Waals surface area contributed by atoms with Gasteiger partial charge in [-0.2, -0.15) is 0 Å². The van der Waals surface area contributed by atoms with E-state index in [1.807, 2.05) is 63.7 Å². The lowest BCUT2D eigenvalue weighted by atomic mass is 9.97. The van der Waals surface area contributed by atoms with Crippen LogP contribution in [0.4, 0.5) is 5.69 Å². The molecule has 2 saturated heterocycles. The van der Waals surface area contributed by atoms with Crippen LogP contribution in [0.2, 0.25) is 0 Å². The van der Waals surface area contributed by atoms with Gasteiger partial charge in [-0.15, -0.1) is 11.3 Å². The number of rotatable bonds is 6. The number of nitrogens with zero attached hydrogens (tertiary/aromatic N) is 5. The summed E-state index contributed by atoms with van der Waals surface area (Å²) in [5.74, 6) is 0.783. The van der Waals surface area contributed by atoms with Gasteiger partial charge in [0.2, 0.25) is 0 Å². The molecule has 2 aliphatic rings. The third kappa shape index (κ3) is 5.59. The van der Waals surface area contributed by atoms with E-state index in [2.05, 4.69) is 9.88 Å². The van der Waals surface area contributed by atoms with Crippen molar-refractivity contribution in [1.29, 1.82) is 0 Å². The van der Waals surface area contributed by atoms with Crippen molar-refractivity contribution in [3.8, 4) is 5.75 Å². The van der Waals surface area contributed by atoms with Gasteiger partial charge in [0.1, 0.15) is 17.1 Å². The molecule has 2 fully saturated rings. The summed E-state index contributed by atoms with van der Waals surface area (Å²) < 4.78 is 5.52. The summed E-state index contributed by atoms with van der Waals surface area (Å²) in [6.45, 7) is 5.48. The number of para-hydroxylation sites is 1. The van der Waals surface area contributed by atoms with Gasteiger partial charge in [0.05, 0.1) is 17.6 Å². The Hall–Kier alpha value is -4.31. The molecule has 0 unspecified atom stereocenters. The number of thiazole rings is 1. The molecule has 42 heavy (non-hydrogen) atoms. The number of benzene rings is 2. The molecule has 216 valence electrons. The Labute approximate surface area is 248 Å². The Morgan fingerprint density at radius 3 is 2.19 bits per heavy atom. The number of methoxy groups -OCH3 is 1. The SMILES string of the molecule is COc1cc(C(=O)N2CCC(c3nc(C(=O)N4CCN(c5ccc(C(C)=O)cc5)CC4)cs3)CC2)nc2ccccc12. The molecule has 2 aromatic heterocycles. The highest BCUT2D eigenvalue weighted by Crippen LogP contribution is 2.32. The van der Waals surface area contributed by atoms with E-state index >= 15 is 0 Å². The van der Waals surface area contributed by atoms with E-state index in [9.17, 15) is 14.4 Å². The van der Waals surface area contributed by atoms with Crippen LogP contribution in [0.1, 0.15) is 62.0 Å². The Kier molecular flexibility index (Phi) is 7.88. The van der Waals surface area contributed by atoms with E-state index in [0.29, 0.717) is 48.9 Å². The molecule has 6 rings (SSSR count). The fourth-order valence-corrected chi connectivity index (χ4v) is 6.69. The maximum atomic E-state index is 13.3. The van der Waals surface area contributed by atoms with Crippen molar-refractivity contribution in [2.45, 2.75) is 25.7 Å². The molecule has 0 N–H and O–H groups in total. The smallest absolute Gasteiger partial charge is 0.273 e. The Balaban J connectivity index is 1.04. The molecule has 0 spiro atoms. The molecule has 0 aliphatic carbocycles. The lowest BCUT2D eigenvalue weighted by Crippen LogP contribution is -2.48. The molecule has 0 radical (unpaired) electrons. The first-order valence-corrected chi connectivity index (χ1v) is 15.1. The number of ether oxygens (including phenoxy) is 1. The predicted molar refractivity (Wildman–Crippen MR) is 163 cm³/mol. The minimum atomic E-state index is -0.0959. The van der Waals surface area contributed by atoms with Crippen LogP contribution in [0.3, 0.4) is 0 Å². The van der Waals surface area contributed by atoms with Crippen molar-refractivity contribution in [2.75, 3.05) is 51.3 Å². The molecule has 2 aromatic carbocycles. The van der Waals surface area contributed by atoms with Crippen LogP contribution in [-0.2, 0) is 0 Å². The van der Waals surface area contributed by atoms with Crippen molar-refractivity contribution in [2.24, 2.45) is 0 Å². The number of piperidine rings is 1. The van der Waals surface area contributed by atoms with Crippen molar-refractivity contribution in [1.82, 2.24) is 19.8 Å². The second-order valence-electron chi connectivity index (χ2n) is 10.7. The van der Waals surface area contributed by atoms with Gasteiger partial charge in [0.15, 0.2) is 5.78 Å². The van der Waals surface area contributed by atoms with Crippen LogP contribution in [0, 0.1) is 0 Å². The molecule has 9 nitrogen and oxygen atoms in total. The molecule has 0 saturated carbocycles. The first-order valence-electron chi connectivity index (χ1n) is 14.2. The van der Waals surface area contributed by atoms with Crippen LogP contribution in [0.15, 0.2) is 60.0 Å². The molecule has 4 heterocycles. The lowest BCUT2D eigenvalue weighted by molar-refractivity contribution is 0.0706. The highest BCUT2D eigenvalue weighted by molar-refractivity contribution is 7.09. The highest BCUT2D eigenvalue weighted by atomic mass is 32.1. The average molecular weight is 584 g/mol. The van der Waals surface area contributed by atoms with Crippen LogP contribution in [0.25, 0.3) is 10.9 Å². The van der Waals surface area contributed by atoms with Gasteiger partial charge in [-0.3, -0.25) is 14.4 Å². The zero-order valence-corrected chi connectivity index (χ0v) is 24.6. The normalized spacial score (nSPS) is 16.1. The van der Waals surface area contributed by atoms with Crippen molar-refractivity contribution >= 4 is 45.5 Å². The van der Waals surface area contributed by atoms with E-state index < -0.39 is 0 Å². The molecular weight excluding hydrogens is 550 g/mol. The number of aromatic nitrogens is 2. The number of likely N-dealkylation sites (tertiary alicyclic amines) is 1. The van der Waals surface area contributed by atoms with Crippen LogP contribution in [0.5, 0.6) is 5.75 Å². The maximum Gasteiger partial charge on any atom is 0.273 e. The monoisotopic (exact) mass is 583 g/mol. The minimum Gasteiger partial charge on any atom is -0.496 e. The zero-order chi connectivity index (χ0) is 29.2. The maximum absolute atomic E-state index is 13.3. The summed E-state index contributed by atoms with van der Waals surface area (Å²) in [5.41, 5.74) is 3.38. The van der Waals surface area contributed by atoms with Gasteiger partial charge in [-0.1, -0.05) is 12.1 Å². The number of pyridine rings is 1. The summed E-state index contributed by atoms with van der Waals surface area (Å²) in [6.07, 6.45) is 1.58. The second kappa shape index (κ2) is 11.9. The topological polar surface area (TPSA) is 95.9 Å². The molecule has 0 atom stereocenters. The summed E-state index contributed by atoms with van der Waals surface area (Å²) in [7, 11) is 1.60. The summed E-state index contributed by atoms with van der Waals surface area (Å²) in [6, 6.07) is 17.0. The Bertz CT molecular complexity index is 1620. The van der Waals surface area contributed by atoms with Gasteiger partial charge < -0.3 is 19.4 Å². The third-order valence-corrected chi connectivity index (χ3v) is 9.20. The van der Waals surface area contributed by atoms with Gasteiger partial charge in [0.25, 0.3) is 11.8 Å². The fourth-order valence-electron chi connectivity index (χ4n) is 5.72.